The predicted molar refractivity (Wildman–Crippen MR) is 71.2 cm³/mol. The summed E-state index contributed by atoms with van der Waals surface area (Å²) < 4.78 is 5.72. The maximum Gasteiger partial charge on any atom is 0.241 e. The molecule has 0 aromatic rings. The van der Waals surface area contributed by atoms with Crippen LogP contribution in [0.2, 0.25) is 0 Å². The fourth-order valence-corrected chi connectivity index (χ4v) is 2.96. The molecule has 0 bridgehead atoms. The molecule has 0 aliphatic carbocycles. The number of carbonyl (C=O) groups excluding carboxylic acids is 1. The van der Waals surface area contributed by atoms with Gasteiger partial charge in [-0.25, -0.2) is 0 Å². The SMILES string of the molecule is CCCC1NC(C)N(CCC2CCCCO2)C1=O. The van der Waals surface area contributed by atoms with Crippen molar-refractivity contribution in [2.75, 3.05) is 13.2 Å². The molecule has 0 saturated carbocycles. The van der Waals surface area contributed by atoms with Crippen LogP contribution >= 0.6 is 0 Å². The Morgan fingerprint density at radius 3 is 2.89 bits per heavy atom. The summed E-state index contributed by atoms with van der Waals surface area (Å²) in [6.45, 7) is 5.93. The van der Waals surface area contributed by atoms with Gasteiger partial charge >= 0.3 is 0 Å². The highest BCUT2D eigenvalue weighted by Gasteiger charge is 2.35. The molecular formula is C14H26N2O2. The topological polar surface area (TPSA) is 41.6 Å². The summed E-state index contributed by atoms with van der Waals surface area (Å²) in [5, 5.41) is 3.38. The molecule has 1 N–H and O–H groups in total. The van der Waals surface area contributed by atoms with Crippen LogP contribution < -0.4 is 5.32 Å². The Hall–Kier alpha value is -0.610. The van der Waals surface area contributed by atoms with Crippen molar-refractivity contribution >= 4 is 5.91 Å². The lowest BCUT2D eigenvalue weighted by Crippen LogP contribution is -2.37. The molecular weight excluding hydrogens is 228 g/mol. The third-order valence-electron chi connectivity index (χ3n) is 4.03. The van der Waals surface area contributed by atoms with Crippen molar-refractivity contribution in [2.24, 2.45) is 0 Å². The first-order chi connectivity index (χ1) is 8.72. The van der Waals surface area contributed by atoms with E-state index in [4.69, 9.17) is 4.74 Å². The molecule has 1 amide bonds. The molecule has 2 aliphatic rings. The van der Waals surface area contributed by atoms with Crippen molar-refractivity contribution in [1.29, 1.82) is 0 Å². The lowest BCUT2D eigenvalue weighted by atomic mass is 10.1. The minimum atomic E-state index is 0.0391. The van der Waals surface area contributed by atoms with Crippen LogP contribution in [0.4, 0.5) is 0 Å². The zero-order valence-corrected chi connectivity index (χ0v) is 11.7. The molecule has 18 heavy (non-hydrogen) atoms. The normalized spacial score (nSPS) is 33.1. The quantitative estimate of drug-likeness (QED) is 0.814. The average Bonchev–Trinajstić information content (AvgIpc) is 2.64. The van der Waals surface area contributed by atoms with Gasteiger partial charge in [-0.3, -0.25) is 10.1 Å². The van der Waals surface area contributed by atoms with Crippen LogP contribution in [0.15, 0.2) is 0 Å². The highest BCUT2D eigenvalue weighted by Crippen LogP contribution is 2.19. The summed E-state index contributed by atoms with van der Waals surface area (Å²) in [5.74, 6) is 0.278. The summed E-state index contributed by atoms with van der Waals surface area (Å²) in [5.41, 5.74) is 0. The van der Waals surface area contributed by atoms with E-state index in [1.807, 2.05) is 4.90 Å². The van der Waals surface area contributed by atoms with Crippen molar-refractivity contribution in [3.63, 3.8) is 0 Å². The zero-order valence-electron chi connectivity index (χ0n) is 11.7. The van der Waals surface area contributed by atoms with E-state index in [-0.39, 0.29) is 18.1 Å². The van der Waals surface area contributed by atoms with Crippen LogP contribution in [0, 0.1) is 0 Å². The van der Waals surface area contributed by atoms with Gasteiger partial charge in [0.2, 0.25) is 5.91 Å². The molecule has 2 fully saturated rings. The number of hydrogen-bond acceptors (Lipinski definition) is 3. The van der Waals surface area contributed by atoms with E-state index in [1.54, 1.807) is 0 Å². The number of amides is 1. The minimum absolute atomic E-state index is 0.0391. The van der Waals surface area contributed by atoms with E-state index in [0.717, 1.165) is 38.8 Å². The Morgan fingerprint density at radius 1 is 1.39 bits per heavy atom. The average molecular weight is 254 g/mol. The summed E-state index contributed by atoms with van der Waals surface area (Å²) >= 11 is 0. The Morgan fingerprint density at radius 2 is 2.22 bits per heavy atom. The number of hydrogen-bond donors (Lipinski definition) is 1. The number of rotatable bonds is 5. The lowest BCUT2D eigenvalue weighted by molar-refractivity contribution is -0.130. The van der Waals surface area contributed by atoms with E-state index >= 15 is 0 Å². The zero-order chi connectivity index (χ0) is 13.0. The monoisotopic (exact) mass is 254 g/mol. The Labute approximate surface area is 110 Å². The van der Waals surface area contributed by atoms with Gasteiger partial charge in [0.25, 0.3) is 0 Å². The largest absolute Gasteiger partial charge is 0.378 e. The third kappa shape index (κ3) is 3.23. The van der Waals surface area contributed by atoms with E-state index in [2.05, 4.69) is 19.2 Å². The highest BCUT2D eigenvalue weighted by atomic mass is 16.5. The van der Waals surface area contributed by atoms with Gasteiger partial charge in [-0.15, -0.1) is 0 Å². The van der Waals surface area contributed by atoms with Crippen LogP contribution in [0.5, 0.6) is 0 Å². The molecule has 2 saturated heterocycles. The maximum atomic E-state index is 12.2. The fourth-order valence-electron chi connectivity index (χ4n) is 2.96. The molecule has 0 aromatic heterocycles. The van der Waals surface area contributed by atoms with Gasteiger partial charge in [0.1, 0.15) is 0 Å². The summed E-state index contributed by atoms with van der Waals surface area (Å²) in [7, 11) is 0. The van der Waals surface area contributed by atoms with E-state index in [1.165, 1.54) is 12.8 Å². The van der Waals surface area contributed by atoms with Crippen LogP contribution in [0.3, 0.4) is 0 Å². The van der Waals surface area contributed by atoms with E-state index in [9.17, 15) is 4.79 Å². The molecule has 104 valence electrons. The Balaban J connectivity index is 1.79. The van der Waals surface area contributed by atoms with Crippen LogP contribution in [-0.2, 0) is 9.53 Å². The first kappa shape index (κ1) is 13.8. The summed E-state index contributed by atoms with van der Waals surface area (Å²) in [6, 6.07) is 0.0391. The van der Waals surface area contributed by atoms with Crippen LogP contribution in [0.25, 0.3) is 0 Å². The maximum absolute atomic E-state index is 12.2. The molecule has 0 aromatic carbocycles. The molecule has 2 heterocycles. The summed E-state index contributed by atoms with van der Waals surface area (Å²) in [6.07, 6.45) is 7.14. The lowest BCUT2D eigenvalue weighted by Gasteiger charge is -2.26. The first-order valence-electron chi connectivity index (χ1n) is 7.40. The molecule has 2 rings (SSSR count). The Kier molecular flexibility index (Phi) is 5.01. The van der Waals surface area contributed by atoms with Gasteiger partial charge < -0.3 is 9.64 Å². The van der Waals surface area contributed by atoms with Crippen LogP contribution in [-0.4, -0.2) is 42.3 Å². The smallest absolute Gasteiger partial charge is 0.241 e. The summed E-state index contributed by atoms with van der Waals surface area (Å²) in [4.78, 5) is 14.2. The number of nitrogens with zero attached hydrogens (tertiary/aromatic N) is 1. The predicted octanol–water partition coefficient (Wildman–Crippen LogP) is 1.89. The molecule has 4 heteroatoms. The van der Waals surface area contributed by atoms with Crippen molar-refractivity contribution in [1.82, 2.24) is 10.2 Å². The standard InChI is InChI=1S/C14H26N2O2/c1-3-6-13-14(17)16(11(2)15-13)9-8-12-7-4-5-10-18-12/h11-13,15H,3-10H2,1-2H3. The first-order valence-corrected chi connectivity index (χ1v) is 7.40. The number of carbonyl (C=O) groups is 1. The fraction of sp³-hybridized carbons (Fsp3) is 0.929. The minimum Gasteiger partial charge on any atom is -0.378 e. The second-order valence-corrected chi connectivity index (χ2v) is 5.49. The Bertz CT molecular complexity index is 277. The van der Waals surface area contributed by atoms with E-state index in [0.29, 0.717) is 6.10 Å². The number of nitrogens with one attached hydrogen (secondary N) is 1. The van der Waals surface area contributed by atoms with Gasteiger partial charge in [-0.1, -0.05) is 13.3 Å². The molecule has 4 nitrogen and oxygen atoms in total. The molecule has 0 spiro atoms. The van der Waals surface area contributed by atoms with Gasteiger partial charge in [0.15, 0.2) is 0 Å². The molecule has 3 atom stereocenters. The van der Waals surface area contributed by atoms with Crippen molar-refractivity contribution in [2.45, 2.75) is 70.7 Å². The van der Waals surface area contributed by atoms with Gasteiger partial charge in [0.05, 0.1) is 18.3 Å². The van der Waals surface area contributed by atoms with Gasteiger partial charge in [-0.05, 0) is 39.0 Å². The van der Waals surface area contributed by atoms with E-state index < -0.39 is 0 Å². The molecule has 3 unspecified atom stereocenters. The third-order valence-corrected chi connectivity index (χ3v) is 4.03. The van der Waals surface area contributed by atoms with Crippen molar-refractivity contribution in [3.8, 4) is 0 Å². The highest BCUT2D eigenvalue weighted by molar-refractivity contribution is 5.84. The van der Waals surface area contributed by atoms with Crippen LogP contribution in [0.1, 0.15) is 52.4 Å². The number of ether oxygens (including phenoxy) is 1. The van der Waals surface area contributed by atoms with Crippen molar-refractivity contribution < 1.29 is 9.53 Å². The van der Waals surface area contributed by atoms with Gasteiger partial charge in [-0.2, -0.15) is 0 Å². The van der Waals surface area contributed by atoms with Gasteiger partial charge in [0, 0.05) is 13.2 Å². The second-order valence-electron chi connectivity index (χ2n) is 5.49. The van der Waals surface area contributed by atoms with Crippen molar-refractivity contribution in [3.05, 3.63) is 0 Å². The second kappa shape index (κ2) is 6.53. The molecule has 2 aliphatic heterocycles. The molecule has 0 radical (unpaired) electrons.